The zero-order chi connectivity index (χ0) is 57.1. The molecule has 0 N–H and O–H groups in total. The molecule has 1 atom stereocenters. The topological polar surface area (TPSA) is 78.9 Å². The summed E-state index contributed by atoms with van der Waals surface area (Å²) in [4.78, 5) is 38.3. The Labute approximate surface area is 488 Å². The van der Waals surface area contributed by atoms with Gasteiger partial charge in [-0.2, -0.15) is 0 Å². The maximum Gasteiger partial charge on any atom is 0.306 e. The molecule has 0 rings (SSSR count). The predicted molar refractivity (Wildman–Crippen MR) is 343 cm³/mol. The van der Waals surface area contributed by atoms with Crippen LogP contribution in [-0.2, 0) is 28.6 Å². The fourth-order valence-corrected chi connectivity index (χ4v) is 9.07. The second-order valence-electron chi connectivity index (χ2n) is 21.6. The lowest BCUT2D eigenvalue weighted by Gasteiger charge is -2.18. The average Bonchev–Trinajstić information content (AvgIpc) is 3.45. The van der Waals surface area contributed by atoms with Gasteiger partial charge in [-0.15, -0.1) is 0 Å². The van der Waals surface area contributed by atoms with Gasteiger partial charge in [0.2, 0.25) is 0 Å². The van der Waals surface area contributed by atoms with E-state index in [1.807, 2.05) is 6.08 Å². The van der Waals surface area contributed by atoms with Crippen LogP contribution in [0.15, 0.2) is 122 Å². The van der Waals surface area contributed by atoms with Crippen LogP contribution in [0.3, 0.4) is 0 Å². The van der Waals surface area contributed by atoms with E-state index in [9.17, 15) is 14.4 Å². The Kier molecular flexibility index (Phi) is 62.8. The molecule has 0 aliphatic rings. The summed E-state index contributed by atoms with van der Waals surface area (Å²) in [5, 5.41) is 0. The van der Waals surface area contributed by atoms with Crippen LogP contribution >= 0.6 is 0 Å². The number of carbonyl (C=O) groups excluding carboxylic acids is 3. The summed E-state index contributed by atoms with van der Waals surface area (Å²) in [7, 11) is 0. The molecule has 450 valence electrons. The van der Waals surface area contributed by atoms with E-state index in [0.29, 0.717) is 19.3 Å². The van der Waals surface area contributed by atoms with E-state index >= 15 is 0 Å². The molecule has 0 spiro atoms. The van der Waals surface area contributed by atoms with Crippen molar-refractivity contribution in [3.05, 3.63) is 122 Å². The fourth-order valence-electron chi connectivity index (χ4n) is 9.07. The molecule has 0 saturated heterocycles. The molecule has 6 nitrogen and oxygen atoms in total. The van der Waals surface area contributed by atoms with E-state index in [-0.39, 0.29) is 37.5 Å². The van der Waals surface area contributed by atoms with Gasteiger partial charge in [0.05, 0.1) is 0 Å². The largest absolute Gasteiger partial charge is 0.462 e. The van der Waals surface area contributed by atoms with Gasteiger partial charge in [0.15, 0.2) is 6.10 Å². The van der Waals surface area contributed by atoms with Crippen molar-refractivity contribution in [2.75, 3.05) is 13.2 Å². The highest BCUT2D eigenvalue weighted by Gasteiger charge is 2.19. The molecule has 0 aromatic heterocycles. The maximum atomic E-state index is 12.9. The number of ether oxygens (including phenoxy) is 3. The summed E-state index contributed by atoms with van der Waals surface area (Å²) in [5.41, 5.74) is 0. The standard InChI is InChI=1S/C73H122O6/c1-4-7-10-13-16-19-22-25-27-29-31-33-35-36-38-39-41-43-45-48-51-54-57-60-63-66-72(75)78-69-70(68-77-71(74)65-62-59-56-53-50-47-24-21-18-15-12-9-6-3)79-73(76)67-64-61-58-55-52-49-46-44-42-40-37-34-32-30-28-26-23-20-17-14-11-8-5-2/h8-9,11-12,17-18,20-21,26,28-29,31-32,34,40,42,47,50,56,59,70H,4-7,10,13-16,19,22-25,27,30,33,35-39,41,43-46,48-49,51-55,57-58,60-69H2,1-3H3/b11-8-,12-9-,20-17-,21-18-,28-26-,31-29-,34-32-,42-40-,50-47-,59-56-. The maximum absolute atomic E-state index is 12.9. The number of hydrogen-bond donors (Lipinski definition) is 0. The van der Waals surface area contributed by atoms with Gasteiger partial charge in [0.25, 0.3) is 0 Å². The zero-order valence-corrected chi connectivity index (χ0v) is 51.6. The summed E-state index contributed by atoms with van der Waals surface area (Å²) in [5.74, 6) is -0.997. The van der Waals surface area contributed by atoms with Gasteiger partial charge in [0.1, 0.15) is 13.2 Å². The van der Waals surface area contributed by atoms with Crippen LogP contribution in [0.4, 0.5) is 0 Å². The monoisotopic (exact) mass is 1090 g/mol. The zero-order valence-electron chi connectivity index (χ0n) is 51.6. The van der Waals surface area contributed by atoms with Crippen LogP contribution in [0.1, 0.15) is 303 Å². The molecule has 0 aromatic rings. The molecule has 0 amide bonds. The average molecular weight is 1100 g/mol. The van der Waals surface area contributed by atoms with Gasteiger partial charge in [-0.25, -0.2) is 0 Å². The minimum atomic E-state index is -0.817. The summed E-state index contributed by atoms with van der Waals surface area (Å²) in [6, 6.07) is 0. The smallest absolute Gasteiger partial charge is 0.306 e. The Morgan fingerprint density at radius 2 is 0.519 bits per heavy atom. The van der Waals surface area contributed by atoms with Crippen LogP contribution in [0.2, 0.25) is 0 Å². The molecule has 0 aliphatic heterocycles. The summed E-state index contributed by atoms with van der Waals surface area (Å²) >= 11 is 0. The third-order valence-corrected chi connectivity index (χ3v) is 13.9. The summed E-state index contributed by atoms with van der Waals surface area (Å²) < 4.78 is 16.9. The minimum Gasteiger partial charge on any atom is -0.462 e. The number of hydrogen-bond acceptors (Lipinski definition) is 6. The quantitative estimate of drug-likeness (QED) is 0.0261. The van der Waals surface area contributed by atoms with E-state index in [4.69, 9.17) is 14.2 Å². The first-order valence-electron chi connectivity index (χ1n) is 33.0. The highest BCUT2D eigenvalue weighted by atomic mass is 16.6. The van der Waals surface area contributed by atoms with Gasteiger partial charge >= 0.3 is 17.9 Å². The minimum absolute atomic E-state index is 0.106. The predicted octanol–water partition coefficient (Wildman–Crippen LogP) is 22.8. The van der Waals surface area contributed by atoms with E-state index in [0.717, 1.165) is 109 Å². The Morgan fingerprint density at radius 1 is 0.266 bits per heavy atom. The van der Waals surface area contributed by atoms with Gasteiger partial charge in [0, 0.05) is 19.3 Å². The lowest BCUT2D eigenvalue weighted by atomic mass is 10.0. The molecular weight excluding hydrogens is 973 g/mol. The molecule has 79 heavy (non-hydrogen) atoms. The highest BCUT2D eigenvalue weighted by Crippen LogP contribution is 2.16. The molecule has 6 heteroatoms. The Morgan fingerprint density at radius 3 is 0.861 bits per heavy atom. The third kappa shape index (κ3) is 64.5. The van der Waals surface area contributed by atoms with Gasteiger partial charge in [-0.05, 0) is 116 Å². The van der Waals surface area contributed by atoms with Crippen molar-refractivity contribution < 1.29 is 28.6 Å². The highest BCUT2D eigenvalue weighted by molar-refractivity contribution is 5.71. The van der Waals surface area contributed by atoms with Crippen molar-refractivity contribution in [3.8, 4) is 0 Å². The van der Waals surface area contributed by atoms with Crippen molar-refractivity contribution in [1.29, 1.82) is 0 Å². The molecular formula is C73H122O6. The van der Waals surface area contributed by atoms with Gasteiger partial charge in [-0.1, -0.05) is 290 Å². The van der Waals surface area contributed by atoms with E-state index in [1.165, 1.54) is 148 Å². The van der Waals surface area contributed by atoms with Crippen molar-refractivity contribution >= 4 is 17.9 Å². The third-order valence-electron chi connectivity index (χ3n) is 13.9. The fraction of sp³-hybridized carbons (Fsp3) is 0.685. The molecule has 0 heterocycles. The summed E-state index contributed by atoms with van der Waals surface area (Å²) in [6.45, 7) is 6.36. The molecule has 0 radical (unpaired) electrons. The van der Waals surface area contributed by atoms with Crippen molar-refractivity contribution in [2.24, 2.45) is 0 Å². The van der Waals surface area contributed by atoms with Crippen LogP contribution in [0, 0.1) is 0 Å². The van der Waals surface area contributed by atoms with Crippen LogP contribution in [-0.4, -0.2) is 37.2 Å². The molecule has 1 unspecified atom stereocenters. The lowest BCUT2D eigenvalue weighted by molar-refractivity contribution is -0.166. The van der Waals surface area contributed by atoms with E-state index in [2.05, 4.69) is 136 Å². The van der Waals surface area contributed by atoms with Gasteiger partial charge in [-0.3, -0.25) is 14.4 Å². The number of esters is 3. The Bertz CT molecular complexity index is 1640. The summed E-state index contributed by atoms with van der Waals surface area (Å²) in [6.07, 6.45) is 92.3. The number of rotatable bonds is 59. The van der Waals surface area contributed by atoms with Crippen LogP contribution in [0.25, 0.3) is 0 Å². The molecule has 0 aliphatic carbocycles. The first-order chi connectivity index (χ1) is 39.0. The van der Waals surface area contributed by atoms with Crippen molar-refractivity contribution in [2.45, 2.75) is 309 Å². The number of allylic oxidation sites excluding steroid dienone is 20. The Balaban J connectivity index is 4.37. The van der Waals surface area contributed by atoms with E-state index in [1.54, 1.807) is 0 Å². The number of unbranched alkanes of at least 4 members (excludes halogenated alkanes) is 28. The second-order valence-corrected chi connectivity index (χ2v) is 21.6. The molecule has 0 aromatic carbocycles. The van der Waals surface area contributed by atoms with E-state index < -0.39 is 6.10 Å². The van der Waals surface area contributed by atoms with Crippen LogP contribution < -0.4 is 0 Å². The van der Waals surface area contributed by atoms with Crippen LogP contribution in [0.5, 0.6) is 0 Å². The normalized spacial score (nSPS) is 12.9. The Hall–Kier alpha value is -4.19. The van der Waals surface area contributed by atoms with Crippen molar-refractivity contribution in [1.82, 2.24) is 0 Å². The van der Waals surface area contributed by atoms with Gasteiger partial charge < -0.3 is 14.2 Å². The molecule has 0 saturated carbocycles. The SMILES string of the molecule is CC/C=C\C/C=C\C/C=C\C/C=C\C/C=C\CCCCCCCCCC(=O)OC(COC(=O)CC/C=C\C/C=C\C/C=C\C/C=C\CC)COC(=O)CCCCCCCCCCCCCCC/C=C\CCCCCCCCCC. The second kappa shape index (κ2) is 66.3. The first-order valence-corrected chi connectivity index (χ1v) is 33.0. The molecule has 0 bridgehead atoms. The lowest BCUT2D eigenvalue weighted by Crippen LogP contribution is -2.30. The van der Waals surface area contributed by atoms with Crippen molar-refractivity contribution in [3.63, 3.8) is 0 Å². The number of carbonyl (C=O) groups is 3. The molecule has 0 fully saturated rings. The first kappa shape index (κ1) is 74.8.